The van der Waals surface area contributed by atoms with Gasteiger partial charge in [0.1, 0.15) is 5.75 Å². The molecule has 17 heavy (non-hydrogen) atoms. The number of hydrogen-bond acceptors (Lipinski definition) is 3. The number of methoxy groups -OCH3 is 2. The van der Waals surface area contributed by atoms with Crippen molar-refractivity contribution in [1.82, 2.24) is 0 Å². The molecule has 0 radical (unpaired) electrons. The molecule has 0 aliphatic heterocycles. The first-order valence-electron chi connectivity index (χ1n) is 5.59. The molecule has 0 bridgehead atoms. The normalized spacial score (nSPS) is 12.6. The summed E-state index contributed by atoms with van der Waals surface area (Å²) in [6, 6.07) is 1.95. The first-order chi connectivity index (χ1) is 8.06. The molecule has 0 aliphatic rings. The van der Waals surface area contributed by atoms with E-state index >= 15 is 0 Å². The maximum absolute atomic E-state index is 6.28. The number of nitrogens with two attached hydrogens (primary N) is 1. The first kappa shape index (κ1) is 14.3. The highest BCUT2D eigenvalue weighted by molar-refractivity contribution is 6.32. The fourth-order valence-corrected chi connectivity index (χ4v) is 2.24. The third kappa shape index (κ3) is 2.92. The van der Waals surface area contributed by atoms with Crippen molar-refractivity contribution in [2.45, 2.75) is 19.8 Å². The molecule has 2 N–H and O–H groups in total. The Morgan fingerprint density at radius 3 is 2.47 bits per heavy atom. The van der Waals surface area contributed by atoms with E-state index in [0.717, 1.165) is 27.5 Å². The van der Waals surface area contributed by atoms with E-state index in [2.05, 4.69) is 0 Å². The van der Waals surface area contributed by atoms with Gasteiger partial charge in [-0.3, -0.25) is 0 Å². The Morgan fingerprint density at radius 1 is 1.35 bits per heavy atom. The number of rotatable bonds is 5. The molecule has 1 aromatic carbocycles. The summed E-state index contributed by atoms with van der Waals surface area (Å²) in [6.07, 6.45) is 0. The van der Waals surface area contributed by atoms with Gasteiger partial charge in [-0.15, -0.1) is 0 Å². The molecule has 0 amide bonds. The monoisotopic (exact) mass is 257 g/mol. The van der Waals surface area contributed by atoms with Crippen LogP contribution < -0.4 is 10.5 Å². The molecule has 96 valence electrons. The molecule has 0 spiro atoms. The summed E-state index contributed by atoms with van der Waals surface area (Å²) in [5, 5.41) is 0.773. The van der Waals surface area contributed by atoms with E-state index in [-0.39, 0.29) is 5.92 Å². The first-order valence-corrected chi connectivity index (χ1v) is 5.97. The van der Waals surface area contributed by atoms with Crippen LogP contribution in [-0.2, 0) is 4.74 Å². The summed E-state index contributed by atoms with van der Waals surface area (Å²) in [4.78, 5) is 0. The van der Waals surface area contributed by atoms with E-state index in [1.165, 1.54) is 0 Å². The van der Waals surface area contributed by atoms with Crippen molar-refractivity contribution in [1.29, 1.82) is 0 Å². The number of hydrogen-bond donors (Lipinski definition) is 1. The largest absolute Gasteiger partial charge is 0.496 e. The van der Waals surface area contributed by atoms with Crippen LogP contribution in [0.25, 0.3) is 0 Å². The zero-order valence-electron chi connectivity index (χ0n) is 10.8. The van der Waals surface area contributed by atoms with E-state index in [9.17, 15) is 0 Å². The second-order valence-corrected chi connectivity index (χ2v) is 4.51. The molecule has 1 unspecified atom stereocenters. The van der Waals surface area contributed by atoms with E-state index in [1.807, 2.05) is 19.9 Å². The zero-order valence-corrected chi connectivity index (χ0v) is 11.6. The van der Waals surface area contributed by atoms with Crippen LogP contribution >= 0.6 is 11.6 Å². The molecular weight excluding hydrogens is 238 g/mol. The number of benzene rings is 1. The van der Waals surface area contributed by atoms with Crippen molar-refractivity contribution in [3.8, 4) is 5.75 Å². The molecule has 0 saturated carbocycles. The zero-order chi connectivity index (χ0) is 13.0. The molecular formula is C13H20ClNO2. The topological polar surface area (TPSA) is 44.5 Å². The molecule has 0 aliphatic carbocycles. The van der Waals surface area contributed by atoms with Gasteiger partial charge in [-0.2, -0.15) is 0 Å². The van der Waals surface area contributed by atoms with Gasteiger partial charge < -0.3 is 15.2 Å². The quantitative estimate of drug-likeness (QED) is 0.882. The van der Waals surface area contributed by atoms with Crippen LogP contribution in [0.3, 0.4) is 0 Å². The standard InChI is InChI=1S/C13H20ClNO2/c1-8-5-11(17-4)12(9(2)13(8)14)10(6-15)7-16-3/h5,10H,6-7,15H2,1-4H3. The van der Waals surface area contributed by atoms with Crippen molar-refractivity contribution in [3.05, 3.63) is 27.8 Å². The molecule has 1 rings (SSSR count). The molecule has 0 aromatic heterocycles. The predicted octanol–water partition coefficient (Wildman–Crippen LogP) is 2.65. The fourth-order valence-electron chi connectivity index (χ4n) is 2.08. The molecule has 0 saturated heterocycles. The lowest BCUT2D eigenvalue weighted by atomic mass is 9.92. The summed E-state index contributed by atoms with van der Waals surface area (Å²) < 4.78 is 10.6. The summed E-state index contributed by atoms with van der Waals surface area (Å²) >= 11 is 6.28. The van der Waals surface area contributed by atoms with E-state index < -0.39 is 0 Å². The van der Waals surface area contributed by atoms with Crippen molar-refractivity contribution in [2.24, 2.45) is 5.73 Å². The smallest absolute Gasteiger partial charge is 0.123 e. The van der Waals surface area contributed by atoms with Crippen molar-refractivity contribution in [2.75, 3.05) is 27.4 Å². The third-order valence-corrected chi connectivity index (χ3v) is 3.55. The van der Waals surface area contributed by atoms with Gasteiger partial charge in [-0.05, 0) is 31.0 Å². The van der Waals surface area contributed by atoms with Crippen LogP contribution in [0.4, 0.5) is 0 Å². The lowest BCUT2D eigenvalue weighted by Gasteiger charge is -2.21. The maximum atomic E-state index is 6.28. The summed E-state index contributed by atoms with van der Waals surface area (Å²) in [6.45, 7) is 5.03. The number of aryl methyl sites for hydroxylation is 1. The molecule has 0 fully saturated rings. The highest BCUT2D eigenvalue weighted by Crippen LogP contribution is 2.36. The Morgan fingerprint density at radius 2 is 2.00 bits per heavy atom. The number of ether oxygens (including phenoxy) is 2. The maximum Gasteiger partial charge on any atom is 0.123 e. The molecule has 1 atom stereocenters. The summed E-state index contributed by atoms with van der Waals surface area (Å²) in [5.41, 5.74) is 8.88. The van der Waals surface area contributed by atoms with E-state index in [0.29, 0.717) is 13.2 Å². The van der Waals surface area contributed by atoms with Gasteiger partial charge >= 0.3 is 0 Å². The lowest BCUT2D eigenvalue weighted by Crippen LogP contribution is -2.19. The van der Waals surface area contributed by atoms with Gasteiger partial charge in [-0.25, -0.2) is 0 Å². The Hall–Kier alpha value is -0.770. The van der Waals surface area contributed by atoms with Gasteiger partial charge in [0.2, 0.25) is 0 Å². The van der Waals surface area contributed by atoms with Gasteiger partial charge in [0, 0.05) is 30.2 Å². The lowest BCUT2D eigenvalue weighted by molar-refractivity contribution is 0.179. The van der Waals surface area contributed by atoms with Crippen molar-refractivity contribution >= 4 is 11.6 Å². The molecule has 4 heteroatoms. The van der Waals surface area contributed by atoms with Gasteiger partial charge in [0.25, 0.3) is 0 Å². The van der Waals surface area contributed by atoms with E-state index in [1.54, 1.807) is 14.2 Å². The Kier molecular flexibility index (Phi) is 5.25. The van der Waals surface area contributed by atoms with E-state index in [4.69, 9.17) is 26.8 Å². The van der Waals surface area contributed by atoms with Crippen LogP contribution in [0.5, 0.6) is 5.75 Å². The Labute approximate surface area is 108 Å². The molecule has 1 aromatic rings. The number of halogens is 1. The van der Waals surface area contributed by atoms with Crippen LogP contribution in [0.2, 0.25) is 5.02 Å². The average Bonchev–Trinajstić information content (AvgIpc) is 2.33. The molecule has 0 heterocycles. The predicted molar refractivity (Wildman–Crippen MR) is 71.1 cm³/mol. The van der Waals surface area contributed by atoms with Crippen molar-refractivity contribution < 1.29 is 9.47 Å². The minimum absolute atomic E-state index is 0.105. The van der Waals surface area contributed by atoms with Crippen LogP contribution in [-0.4, -0.2) is 27.4 Å². The van der Waals surface area contributed by atoms with Gasteiger partial charge in [-0.1, -0.05) is 11.6 Å². The second kappa shape index (κ2) is 6.24. The summed E-state index contributed by atoms with van der Waals surface area (Å²) in [5.74, 6) is 0.935. The minimum atomic E-state index is 0.105. The Balaban J connectivity index is 3.33. The minimum Gasteiger partial charge on any atom is -0.496 e. The summed E-state index contributed by atoms with van der Waals surface area (Å²) in [7, 11) is 3.33. The second-order valence-electron chi connectivity index (χ2n) is 4.14. The van der Waals surface area contributed by atoms with Crippen LogP contribution in [0.15, 0.2) is 6.07 Å². The average molecular weight is 258 g/mol. The van der Waals surface area contributed by atoms with Gasteiger partial charge in [0.15, 0.2) is 0 Å². The molecule has 3 nitrogen and oxygen atoms in total. The van der Waals surface area contributed by atoms with Gasteiger partial charge in [0.05, 0.1) is 13.7 Å². The Bertz CT molecular complexity index is 393. The highest BCUT2D eigenvalue weighted by Gasteiger charge is 2.20. The highest BCUT2D eigenvalue weighted by atomic mass is 35.5. The fraction of sp³-hybridized carbons (Fsp3) is 0.538. The van der Waals surface area contributed by atoms with Crippen molar-refractivity contribution in [3.63, 3.8) is 0 Å². The SMILES string of the molecule is COCC(CN)c1c(OC)cc(C)c(Cl)c1C. The van der Waals surface area contributed by atoms with Crippen LogP contribution in [0, 0.1) is 13.8 Å². The third-order valence-electron chi connectivity index (χ3n) is 2.97. The van der Waals surface area contributed by atoms with Crippen LogP contribution in [0.1, 0.15) is 22.6 Å².